The highest BCUT2D eigenvalue weighted by atomic mass is 79.9. The van der Waals surface area contributed by atoms with Crippen LogP contribution in [-0.4, -0.2) is 62.1 Å². The van der Waals surface area contributed by atoms with Crippen molar-refractivity contribution in [2.45, 2.75) is 32.6 Å². The van der Waals surface area contributed by atoms with E-state index < -0.39 is 11.8 Å². The van der Waals surface area contributed by atoms with Gasteiger partial charge in [-0.2, -0.15) is 0 Å². The third kappa shape index (κ3) is 10.9. The summed E-state index contributed by atoms with van der Waals surface area (Å²) in [5, 5.41) is 61.2. The molecule has 0 heterocycles. The zero-order valence-electron chi connectivity index (χ0n) is 26.9. The topological polar surface area (TPSA) is 193 Å². The Balaban J connectivity index is 1.39. The molecule has 4 aromatic carbocycles. The first-order chi connectivity index (χ1) is 24.3. The largest absolute Gasteiger partial charge is 0.507 e. The van der Waals surface area contributed by atoms with Gasteiger partial charge in [0, 0.05) is 25.9 Å². The van der Waals surface area contributed by atoms with Gasteiger partial charge in [0.15, 0.2) is 11.5 Å². The van der Waals surface area contributed by atoms with Crippen LogP contribution in [0.2, 0.25) is 0 Å². The quantitative estimate of drug-likeness (QED) is 0.0386. The Hall–Kier alpha value is -4.12. The van der Waals surface area contributed by atoms with Crippen LogP contribution in [0.25, 0.3) is 0 Å². The SMILES string of the molecule is Cc1cc(C/C(=N\O)C(=O)NCCc2ccc(O)c(Br)c2)cc(Br)c1Oc1cc(C/C(=N\O)C(=O)NCCc2ccc(O)c(Br)c2)cc(Br)c1O. The highest BCUT2D eigenvalue weighted by molar-refractivity contribution is 9.11. The van der Waals surface area contributed by atoms with E-state index in [-0.39, 0.29) is 64.8 Å². The van der Waals surface area contributed by atoms with E-state index in [1.54, 1.807) is 61.5 Å². The van der Waals surface area contributed by atoms with Crippen molar-refractivity contribution in [3.63, 3.8) is 0 Å². The van der Waals surface area contributed by atoms with E-state index in [0.29, 0.717) is 48.7 Å². The minimum Gasteiger partial charge on any atom is -0.507 e. The molecule has 51 heavy (non-hydrogen) atoms. The number of oxime groups is 2. The average molecular weight is 956 g/mol. The number of nitrogens with zero attached hydrogens (tertiary/aromatic N) is 2. The third-order valence-electron chi connectivity index (χ3n) is 7.52. The lowest BCUT2D eigenvalue weighted by Gasteiger charge is -2.16. The Morgan fingerprint density at radius 1 is 0.647 bits per heavy atom. The van der Waals surface area contributed by atoms with Crippen molar-refractivity contribution in [1.82, 2.24) is 10.6 Å². The molecule has 0 unspecified atom stereocenters. The molecule has 0 saturated carbocycles. The van der Waals surface area contributed by atoms with Crippen molar-refractivity contribution in [2.75, 3.05) is 13.1 Å². The van der Waals surface area contributed by atoms with Gasteiger partial charge in [-0.15, -0.1) is 0 Å². The highest BCUT2D eigenvalue weighted by Crippen LogP contribution is 2.42. The van der Waals surface area contributed by atoms with Gasteiger partial charge in [0.2, 0.25) is 0 Å². The standard InChI is InChI=1S/C35H32Br4N4O8/c1-18-10-21(15-27(42-49)34(47)40-8-6-19-2-4-29(44)23(36)11-19)14-26(39)33(18)51-31-17-22(13-25(38)32(31)46)16-28(43-50)35(48)41-9-7-20-3-5-30(45)24(37)12-20/h2-5,10-14,17,44-46,49-50H,6-9,15-16H2,1H3,(H,40,47)(H,41,48)/b42-27+,43-28+. The first-order valence-electron chi connectivity index (χ1n) is 15.2. The minimum absolute atomic E-state index is 0.0108. The smallest absolute Gasteiger partial charge is 0.269 e. The first-order valence-corrected chi connectivity index (χ1v) is 18.4. The minimum atomic E-state index is -0.582. The van der Waals surface area contributed by atoms with Crippen molar-refractivity contribution in [1.29, 1.82) is 0 Å². The maximum absolute atomic E-state index is 12.8. The molecule has 0 atom stereocenters. The van der Waals surface area contributed by atoms with E-state index in [0.717, 1.165) is 11.1 Å². The number of halogens is 4. The molecule has 0 fully saturated rings. The Morgan fingerprint density at radius 3 is 1.55 bits per heavy atom. The summed E-state index contributed by atoms with van der Waals surface area (Å²) in [5.41, 5.74) is 3.28. The van der Waals surface area contributed by atoms with Crippen molar-refractivity contribution >= 4 is 87.0 Å². The molecule has 16 heteroatoms. The zero-order chi connectivity index (χ0) is 37.2. The molecule has 0 radical (unpaired) electrons. The second-order valence-corrected chi connectivity index (χ2v) is 14.7. The van der Waals surface area contributed by atoms with Crippen molar-refractivity contribution in [3.8, 4) is 28.7 Å². The second kappa shape index (κ2) is 18.4. The Kier molecular flexibility index (Phi) is 14.3. The predicted molar refractivity (Wildman–Crippen MR) is 206 cm³/mol. The molecule has 0 aliphatic carbocycles. The van der Waals surface area contributed by atoms with Crippen LogP contribution in [-0.2, 0) is 35.3 Å². The van der Waals surface area contributed by atoms with Crippen LogP contribution < -0.4 is 15.4 Å². The Morgan fingerprint density at radius 2 is 1.10 bits per heavy atom. The summed E-state index contributed by atoms with van der Waals surface area (Å²) in [4.78, 5) is 25.6. The highest BCUT2D eigenvalue weighted by Gasteiger charge is 2.20. The van der Waals surface area contributed by atoms with Gasteiger partial charge in [0.05, 0.1) is 17.9 Å². The lowest BCUT2D eigenvalue weighted by molar-refractivity contribution is -0.115. The fourth-order valence-electron chi connectivity index (χ4n) is 4.92. The second-order valence-electron chi connectivity index (χ2n) is 11.3. The van der Waals surface area contributed by atoms with Gasteiger partial charge in [-0.3, -0.25) is 9.59 Å². The fraction of sp³-hybridized carbons (Fsp3) is 0.200. The number of phenolic OH excluding ortho intramolecular Hbond substituents is 3. The fourth-order valence-corrected chi connectivity index (χ4v) is 6.95. The van der Waals surface area contributed by atoms with Crippen LogP contribution in [0, 0.1) is 6.92 Å². The number of rotatable bonds is 14. The Labute approximate surface area is 326 Å². The molecule has 0 aliphatic rings. The van der Waals surface area contributed by atoms with E-state index >= 15 is 0 Å². The molecule has 4 aromatic rings. The predicted octanol–water partition coefficient (Wildman–Crippen LogP) is 7.42. The molecule has 0 spiro atoms. The number of hydrogen-bond donors (Lipinski definition) is 7. The number of nitrogens with one attached hydrogen (secondary N) is 2. The lowest BCUT2D eigenvalue weighted by Crippen LogP contribution is -2.33. The van der Waals surface area contributed by atoms with Crippen molar-refractivity contribution in [3.05, 3.63) is 106 Å². The summed E-state index contributed by atoms with van der Waals surface area (Å²) < 4.78 is 7.97. The summed E-state index contributed by atoms with van der Waals surface area (Å²) in [6.07, 6.45) is 0.892. The van der Waals surface area contributed by atoms with Crippen LogP contribution >= 0.6 is 63.7 Å². The molecule has 0 bridgehead atoms. The van der Waals surface area contributed by atoms with Crippen LogP contribution in [0.5, 0.6) is 28.7 Å². The van der Waals surface area contributed by atoms with Crippen LogP contribution in [0.3, 0.4) is 0 Å². The normalized spacial score (nSPS) is 11.7. The number of carbonyl (C=O) groups is 2. The lowest BCUT2D eigenvalue weighted by atomic mass is 10.0. The molecule has 268 valence electrons. The molecule has 0 aromatic heterocycles. The molecule has 2 amide bonds. The molecule has 0 saturated heterocycles. The number of hydrogen-bond acceptors (Lipinski definition) is 10. The summed E-state index contributed by atoms with van der Waals surface area (Å²) >= 11 is 13.3. The molecular formula is C35H32Br4N4O8. The van der Waals surface area contributed by atoms with Crippen LogP contribution in [0.15, 0.2) is 88.9 Å². The van der Waals surface area contributed by atoms with Gasteiger partial charge in [-0.1, -0.05) is 28.5 Å². The van der Waals surface area contributed by atoms with Gasteiger partial charge in [-0.05, 0) is 154 Å². The zero-order valence-corrected chi connectivity index (χ0v) is 33.2. The van der Waals surface area contributed by atoms with E-state index in [9.17, 15) is 35.3 Å². The number of amides is 2. The van der Waals surface area contributed by atoms with Gasteiger partial charge >= 0.3 is 0 Å². The van der Waals surface area contributed by atoms with E-state index in [2.05, 4.69) is 84.7 Å². The van der Waals surface area contributed by atoms with Crippen molar-refractivity contribution in [2.24, 2.45) is 10.3 Å². The van der Waals surface area contributed by atoms with E-state index in [1.807, 2.05) is 0 Å². The van der Waals surface area contributed by atoms with Gasteiger partial charge in [0.25, 0.3) is 11.8 Å². The number of benzene rings is 4. The monoisotopic (exact) mass is 952 g/mol. The number of aryl methyl sites for hydroxylation is 1. The first kappa shape index (κ1) is 39.7. The van der Waals surface area contributed by atoms with Crippen LogP contribution in [0.1, 0.15) is 27.8 Å². The molecule has 4 rings (SSSR count). The molecular weight excluding hydrogens is 924 g/mol. The number of ether oxygens (including phenoxy) is 1. The number of phenols is 3. The van der Waals surface area contributed by atoms with Gasteiger partial charge in [-0.25, -0.2) is 0 Å². The summed E-state index contributed by atoms with van der Waals surface area (Å²) in [5.74, 6) is -0.679. The van der Waals surface area contributed by atoms with E-state index in [1.165, 1.54) is 6.07 Å². The summed E-state index contributed by atoms with van der Waals surface area (Å²) in [7, 11) is 0. The summed E-state index contributed by atoms with van der Waals surface area (Å²) in [6.45, 7) is 2.29. The summed E-state index contributed by atoms with van der Waals surface area (Å²) in [6, 6.07) is 16.6. The third-order valence-corrected chi connectivity index (χ3v) is 9.98. The number of carbonyl (C=O) groups excluding carboxylic acids is 2. The molecule has 7 N–H and O–H groups in total. The molecule has 12 nitrogen and oxygen atoms in total. The van der Waals surface area contributed by atoms with Crippen LogP contribution in [0.4, 0.5) is 0 Å². The van der Waals surface area contributed by atoms with Gasteiger partial charge < -0.3 is 41.1 Å². The Bertz CT molecular complexity index is 1980. The van der Waals surface area contributed by atoms with E-state index in [4.69, 9.17) is 4.74 Å². The maximum atomic E-state index is 12.8. The average Bonchev–Trinajstić information content (AvgIpc) is 3.09. The number of aromatic hydroxyl groups is 3. The maximum Gasteiger partial charge on any atom is 0.269 e. The van der Waals surface area contributed by atoms with Gasteiger partial charge in [0.1, 0.15) is 28.7 Å². The molecule has 0 aliphatic heterocycles. The van der Waals surface area contributed by atoms with Crippen molar-refractivity contribution < 1.29 is 40.1 Å².